The largest absolute Gasteiger partial charge is 0.478 e. The first-order chi connectivity index (χ1) is 12.1. The average molecular weight is 356 g/mol. The van der Waals surface area contributed by atoms with Crippen LogP contribution in [-0.4, -0.2) is 31.2 Å². The first-order valence-electron chi connectivity index (χ1n) is 7.79. The Kier molecular flexibility index (Phi) is 3.85. The van der Waals surface area contributed by atoms with Crippen LogP contribution in [0.25, 0.3) is 11.4 Å². The minimum atomic E-state index is -1.00. The van der Waals surface area contributed by atoms with E-state index in [0.29, 0.717) is 34.0 Å². The molecule has 1 aliphatic carbocycles. The van der Waals surface area contributed by atoms with Crippen LogP contribution in [-0.2, 0) is 0 Å². The molecule has 4 rings (SSSR count). The first kappa shape index (κ1) is 15.6. The summed E-state index contributed by atoms with van der Waals surface area (Å²) in [6.45, 7) is 0. The lowest BCUT2D eigenvalue weighted by molar-refractivity contribution is 0.0697. The molecule has 2 aromatic heterocycles. The summed E-state index contributed by atoms with van der Waals surface area (Å²) in [6, 6.07) is 8.39. The SMILES string of the molecule is O=C(O)c1cccc(-c2ncc(Cl)c(Nc3cc(C4CC4)[nH]n3)n2)c1. The maximum atomic E-state index is 11.1. The van der Waals surface area contributed by atoms with Crippen molar-refractivity contribution in [1.29, 1.82) is 0 Å². The molecule has 1 fully saturated rings. The van der Waals surface area contributed by atoms with Gasteiger partial charge in [0.05, 0.1) is 11.8 Å². The fourth-order valence-corrected chi connectivity index (χ4v) is 2.65. The van der Waals surface area contributed by atoms with Crippen LogP contribution in [0.2, 0.25) is 5.02 Å². The van der Waals surface area contributed by atoms with E-state index < -0.39 is 5.97 Å². The second-order valence-corrected chi connectivity index (χ2v) is 6.29. The van der Waals surface area contributed by atoms with Crippen LogP contribution in [0.5, 0.6) is 0 Å². The van der Waals surface area contributed by atoms with Crippen LogP contribution in [0, 0.1) is 0 Å². The van der Waals surface area contributed by atoms with Gasteiger partial charge >= 0.3 is 5.97 Å². The van der Waals surface area contributed by atoms with E-state index in [1.54, 1.807) is 12.1 Å². The third-order valence-electron chi connectivity index (χ3n) is 3.97. The van der Waals surface area contributed by atoms with E-state index in [2.05, 4.69) is 25.5 Å². The highest BCUT2D eigenvalue weighted by atomic mass is 35.5. The Bertz CT molecular complexity index is 952. The minimum absolute atomic E-state index is 0.173. The molecule has 8 heteroatoms. The lowest BCUT2D eigenvalue weighted by atomic mass is 10.1. The summed E-state index contributed by atoms with van der Waals surface area (Å²) >= 11 is 6.18. The van der Waals surface area contributed by atoms with Gasteiger partial charge in [0.15, 0.2) is 17.5 Å². The van der Waals surface area contributed by atoms with Gasteiger partial charge in [0.2, 0.25) is 0 Å². The molecule has 2 heterocycles. The minimum Gasteiger partial charge on any atom is -0.478 e. The van der Waals surface area contributed by atoms with Crippen molar-refractivity contribution >= 4 is 29.2 Å². The number of aromatic amines is 1. The molecular formula is C17H14ClN5O2. The number of nitrogens with zero attached hydrogens (tertiary/aromatic N) is 3. The summed E-state index contributed by atoms with van der Waals surface area (Å²) in [7, 11) is 0. The van der Waals surface area contributed by atoms with Crippen molar-refractivity contribution in [3.8, 4) is 11.4 Å². The zero-order chi connectivity index (χ0) is 17.4. The zero-order valence-electron chi connectivity index (χ0n) is 13.0. The molecule has 0 radical (unpaired) electrons. The summed E-state index contributed by atoms with van der Waals surface area (Å²) in [5, 5.41) is 19.8. The second kappa shape index (κ2) is 6.18. The van der Waals surface area contributed by atoms with Gasteiger partial charge in [-0.1, -0.05) is 23.7 Å². The number of H-pyrrole nitrogens is 1. The molecular weight excluding hydrogens is 342 g/mol. The molecule has 1 saturated carbocycles. The number of aromatic carboxylic acids is 1. The monoisotopic (exact) mass is 355 g/mol. The van der Waals surface area contributed by atoms with Gasteiger partial charge < -0.3 is 10.4 Å². The standard InChI is InChI=1S/C17H14ClN5O2/c18-12-8-19-15(10-2-1-3-11(6-10)17(24)25)21-16(12)20-14-7-13(22-23-14)9-4-5-9/h1-3,6-9H,4-5H2,(H,24,25)(H2,19,20,21,22,23). The molecule has 0 spiro atoms. The van der Waals surface area contributed by atoms with E-state index in [-0.39, 0.29) is 5.56 Å². The number of benzene rings is 1. The zero-order valence-corrected chi connectivity index (χ0v) is 13.8. The van der Waals surface area contributed by atoms with Crippen molar-refractivity contribution in [3.63, 3.8) is 0 Å². The van der Waals surface area contributed by atoms with Gasteiger partial charge in [-0.2, -0.15) is 5.10 Å². The molecule has 126 valence electrons. The molecule has 7 nitrogen and oxygen atoms in total. The molecule has 3 aromatic rings. The van der Waals surface area contributed by atoms with Crippen molar-refractivity contribution in [1.82, 2.24) is 20.2 Å². The number of hydrogen-bond acceptors (Lipinski definition) is 5. The lowest BCUT2D eigenvalue weighted by Gasteiger charge is -2.07. The van der Waals surface area contributed by atoms with Gasteiger partial charge in [-0.3, -0.25) is 5.10 Å². The Hall–Kier alpha value is -2.93. The van der Waals surface area contributed by atoms with Gasteiger partial charge in [0.1, 0.15) is 5.02 Å². The highest BCUT2D eigenvalue weighted by Gasteiger charge is 2.25. The van der Waals surface area contributed by atoms with Gasteiger partial charge in [-0.15, -0.1) is 0 Å². The van der Waals surface area contributed by atoms with Crippen LogP contribution in [0.1, 0.15) is 34.8 Å². The Morgan fingerprint density at radius 2 is 2.16 bits per heavy atom. The topological polar surface area (TPSA) is 104 Å². The summed E-state index contributed by atoms with van der Waals surface area (Å²) in [4.78, 5) is 19.7. The van der Waals surface area contributed by atoms with Crippen molar-refractivity contribution < 1.29 is 9.90 Å². The Balaban J connectivity index is 1.63. The van der Waals surface area contributed by atoms with Crippen LogP contribution >= 0.6 is 11.6 Å². The maximum absolute atomic E-state index is 11.1. The number of carbonyl (C=O) groups is 1. The quantitative estimate of drug-likeness (QED) is 0.642. The first-order valence-corrected chi connectivity index (χ1v) is 8.16. The van der Waals surface area contributed by atoms with Crippen molar-refractivity contribution in [3.05, 3.63) is 52.8 Å². The maximum Gasteiger partial charge on any atom is 0.335 e. The fourth-order valence-electron chi connectivity index (χ4n) is 2.51. The van der Waals surface area contributed by atoms with Crippen LogP contribution in [0.3, 0.4) is 0 Å². The van der Waals surface area contributed by atoms with Crippen molar-refractivity contribution in [2.75, 3.05) is 5.32 Å². The molecule has 3 N–H and O–H groups in total. The number of carboxylic acid groups (broad SMARTS) is 1. The Labute approximate surface area is 148 Å². The summed E-state index contributed by atoms with van der Waals surface area (Å²) in [6.07, 6.45) is 3.84. The normalized spacial score (nSPS) is 13.6. The third-order valence-corrected chi connectivity index (χ3v) is 4.25. The molecule has 1 aromatic carbocycles. The van der Waals surface area contributed by atoms with E-state index >= 15 is 0 Å². The molecule has 25 heavy (non-hydrogen) atoms. The third kappa shape index (κ3) is 3.32. The number of aromatic nitrogens is 4. The number of rotatable bonds is 5. The molecule has 0 bridgehead atoms. The van der Waals surface area contributed by atoms with E-state index in [1.165, 1.54) is 31.2 Å². The number of anilines is 2. The van der Waals surface area contributed by atoms with Crippen molar-refractivity contribution in [2.24, 2.45) is 0 Å². The molecule has 0 atom stereocenters. The highest BCUT2D eigenvalue weighted by Crippen LogP contribution is 2.39. The van der Waals surface area contributed by atoms with E-state index in [4.69, 9.17) is 16.7 Å². The predicted molar refractivity (Wildman–Crippen MR) is 93.3 cm³/mol. The number of nitrogens with one attached hydrogen (secondary N) is 2. The molecule has 0 amide bonds. The van der Waals surface area contributed by atoms with Gasteiger partial charge in [0.25, 0.3) is 0 Å². The van der Waals surface area contributed by atoms with Gasteiger partial charge in [-0.05, 0) is 25.0 Å². The summed E-state index contributed by atoms with van der Waals surface area (Å²) < 4.78 is 0. The number of carboxylic acids is 1. The highest BCUT2D eigenvalue weighted by molar-refractivity contribution is 6.32. The predicted octanol–water partition coefficient (Wildman–Crippen LogP) is 3.84. The molecule has 0 saturated heterocycles. The Morgan fingerprint density at radius 3 is 2.92 bits per heavy atom. The molecule has 1 aliphatic rings. The van der Waals surface area contributed by atoms with Gasteiger partial charge in [0, 0.05) is 23.2 Å². The van der Waals surface area contributed by atoms with Crippen molar-refractivity contribution in [2.45, 2.75) is 18.8 Å². The second-order valence-electron chi connectivity index (χ2n) is 5.88. The smallest absolute Gasteiger partial charge is 0.335 e. The average Bonchev–Trinajstić information content (AvgIpc) is 3.36. The van der Waals surface area contributed by atoms with Gasteiger partial charge in [-0.25, -0.2) is 14.8 Å². The van der Waals surface area contributed by atoms with E-state index in [9.17, 15) is 4.79 Å². The number of halogens is 1. The molecule has 0 aliphatic heterocycles. The lowest BCUT2D eigenvalue weighted by Crippen LogP contribution is -2.00. The van der Waals surface area contributed by atoms with E-state index in [1.807, 2.05) is 6.07 Å². The number of hydrogen-bond donors (Lipinski definition) is 3. The van der Waals surface area contributed by atoms with Crippen LogP contribution in [0.15, 0.2) is 36.5 Å². The Morgan fingerprint density at radius 1 is 1.32 bits per heavy atom. The molecule has 0 unspecified atom stereocenters. The summed E-state index contributed by atoms with van der Waals surface area (Å²) in [5.74, 6) is 0.999. The van der Waals surface area contributed by atoms with Crippen LogP contribution < -0.4 is 5.32 Å². The van der Waals surface area contributed by atoms with Crippen LogP contribution in [0.4, 0.5) is 11.6 Å². The van der Waals surface area contributed by atoms with E-state index in [0.717, 1.165) is 5.69 Å². The summed E-state index contributed by atoms with van der Waals surface area (Å²) in [5.41, 5.74) is 1.87. The fraction of sp³-hybridized carbons (Fsp3) is 0.176.